The van der Waals surface area contributed by atoms with Gasteiger partial charge in [-0.15, -0.1) is 0 Å². The van der Waals surface area contributed by atoms with Gasteiger partial charge in [-0.1, -0.05) is 19.8 Å². The summed E-state index contributed by atoms with van der Waals surface area (Å²) in [6.07, 6.45) is 5.71. The van der Waals surface area contributed by atoms with Crippen molar-refractivity contribution in [2.45, 2.75) is 64.3 Å². The lowest BCUT2D eigenvalue weighted by Gasteiger charge is -2.34. The lowest BCUT2D eigenvalue weighted by Crippen LogP contribution is -2.51. The first kappa shape index (κ1) is 25.0. The fourth-order valence-corrected chi connectivity index (χ4v) is 6.99. The number of carbonyl (C=O) groups is 1. The average molecular weight is 491 g/mol. The summed E-state index contributed by atoms with van der Waals surface area (Å²) in [5, 5.41) is 6.15. The molecule has 0 atom stereocenters. The maximum Gasteiger partial charge on any atom is 0.253 e. The van der Waals surface area contributed by atoms with Crippen LogP contribution in [-0.2, 0) is 21.2 Å². The molecule has 9 heteroatoms. The number of aryl methyl sites for hydroxylation is 1. The summed E-state index contributed by atoms with van der Waals surface area (Å²) >= 11 is 0. The number of nitrogens with one attached hydrogen (secondary N) is 2. The third-order valence-corrected chi connectivity index (χ3v) is 9.77. The zero-order valence-corrected chi connectivity index (χ0v) is 21.6. The van der Waals surface area contributed by atoms with E-state index in [0.717, 1.165) is 41.4 Å². The van der Waals surface area contributed by atoms with Crippen LogP contribution < -0.4 is 15.4 Å². The molecule has 188 valence electrons. The molecule has 1 spiro atoms. The molecular formula is C25H38N4O4S. The third kappa shape index (κ3) is 4.96. The van der Waals surface area contributed by atoms with Gasteiger partial charge in [-0.2, -0.15) is 0 Å². The van der Waals surface area contributed by atoms with E-state index >= 15 is 0 Å². The molecule has 0 radical (unpaired) electrons. The van der Waals surface area contributed by atoms with E-state index in [1.54, 1.807) is 7.11 Å². The molecule has 2 fully saturated rings. The van der Waals surface area contributed by atoms with Crippen LogP contribution in [0.3, 0.4) is 0 Å². The van der Waals surface area contributed by atoms with Crippen molar-refractivity contribution in [1.29, 1.82) is 0 Å². The number of rotatable bonds is 7. The summed E-state index contributed by atoms with van der Waals surface area (Å²) in [7, 11) is -0.0161. The normalized spacial score (nSPS) is 25.2. The van der Waals surface area contributed by atoms with E-state index in [-0.39, 0.29) is 11.7 Å². The molecule has 3 aliphatic rings. The molecule has 1 aliphatic carbocycles. The second kappa shape index (κ2) is 9.85. The number of piperidine rings is 1. The molecule has 1 saturated carbocycles. The van der Waals surface area contributed by atoms with Crippen molar-refractivity contribution >= 4 is 27.5 Å². The molecule has 0 aromatic heterocycles. The Morgan fingerprint density at radius 3 is 2.50 bits per heavy atom. The van der Waals surface area contributed by atoms with Crippen LogP contribution in [0, 0.1) is 18.8 Å². The van der Waals surface area contributed by atoms with Gasteiger partial charge < -0.3 is 15.4 Å². The number of ether oxygens (including phenoxy) is 1. The Balaban J connectivity index is 1.40. The number of aliphatic imine (C=N–C) groups is 1. The van der Waals surface area contributed by atoms with Crippen LogP contribution in [0.2, 0.25) is 0 Å². The van der Waals surface area contributed by atoms with Crippen LogP contribution in [-0.4, -0.2) is 63.0 Å². The van der Waals surface area contributed by atoms with Crippen LogP contribution in [0.15, 0.2) is 17.1 Å². The lowest BCUT2D eigenvalue weighted by molar-refractivity contribution is -0.125. The van der Waals surface area contributed by atoms with Gasteiger partial charge in [-0.05, 0) is 62.1 Å². The second-order valence-corrected chi connectivity index (χ2v) is 12.2. The highest BCUT2D eigenvalue weighted by atomic mass is 32.2. The Kier molecular flexibility index (Phi) is 7.24. The van der Waals surface area contributed by atoms with E-state index in [4.69, 9.17) is 9.73 Å². The number of hydrogen-bond acceptors (Lipinski definition) is 6. The fourth-order valence-electron chi connectivity index (χ4n) is 5.53. The number of carbonyl (C=O) groups excluding carboxylic acids is 1. The Morgan fingerprint density at radius 2 is 1.88 bits per heavy atom. The van der Waals surface area contributed by atoms with E-state index in [0.29, 0.717) is 44.0 Å². The highest BCUT2D eigenvalue weighted by Gasteiger charge is 2.48. The predicted octanol–water partition coefficient (Wildman–Crippen LogP) is 3.11. The molecule has 34 heavy (non-hydrogen) atoms. The van der Waals surface area contributed by atoms with Crippen LogP contribution in [0.1, 0.15) is 56.6 Å². The topological polar surface area (TPSA) is 100 Å². The van der Waals surface area contributed by atoms with Crippen molar-refractivity contribution in [2.24, 2.45) is 16.8 Å². The summed E-state index contributed by atoms with van der Waals surface area (Å²) in [6.45, 7) is 4.89. The average Bonchev–Trinajstić information content (AvgIpc) is 3.13. The van der Waals surface area contributed by atoms with Crippen molar-refractivity contribution in [3.8, 4) is 5.75 Å². The molecule has 2 N–H and O–H groups in total. The van der Waals surface area contributed by atoms with E-state index in [1.807, 2.05) is 26.1 Å². The van der Waals surface area contributed by atoms with E-state index in [9.17, 15) is 13.2 Å². The first-order valence-corrected chi connectivity index (χ1v) is 14.0. The van der Waals surface area contributed by atoms with Crippen molar-refractivity contribution in [2.75, 3.05) is 38.3 Å². The van der Waals surface area contributed by atoms with Gasteiger partial charge in [0, 0.05) is 37.8 Å². The van der Waals surface area contributed by atoms with Crippen LogP contribution >= 0.6 is 0 Å². The standard InChI is InChI=1S/C25H38N4O4S/c1-17-5-7-19(8-6-17)23-27-24(30)25(28-23)10-12-29(13-11-25)34(31,32)14-9-21-18(2)15-20(26-3)16-22(21)33-4/h15-17,19,26H,5-14H2,1-4H3,(H,27,28,30). The van der Waals surface area contributed by atoms with E-state index in [2.05, 4.69) is 17.6 Å². The summed E-state index contributed by atoms with van der Waals surface area (Å²) in [5.41, 5.74) is 2.04. The fraction of sp³-hybridized carbons (Fsp3) is 0.680. The maximum absolute atomic E-state index is 13.2. The smallest absolute Gasteiger partial charge is 0.253 e. The van der Waals surface area contributed by atoms with Gasteiger partial charge in [0.15, 0.2) is 0 Å². The highest BCUT2D eigenvalue weighted by molar-refractivity contribution is 7.89. The predicted molar refractivity (Wildman–Crippen MR) is 135 cm³/mol. The number of methoxy groups -OCH3 is 1. The molecule has 0 unspecified atom stereocenters. The van der Waals surface area contributed by atoms with Crippen molar-refractivity contribution in [1.82, 2.24) is 9.62 Å². The number of benzene rings is 1. The van der Waals surface area contributed by atoms with E-state index in [1.165, 1.54) is 17.1 Å². The van der Waals surface area contributed by atoms with Crippen LogP contribution in [0.25, 0.3) is 0 Å². The Morgan fingerprint density at radius 1 is 1.21 bits per heavy atom. The number of amides is 1. The third-order valence-electron chi connectivity index (χ3n) is 7.89. The van der Waals surface area contributed by atoms with Gasteiger partial charge in [0.1, 0.15) is 17.1 Å². The molecule has 1 amide bonds. The van der Waals surface area contributed by atoms with Crippen LogP contribution in [0.4, 0.5) is 5.69 Å². The summed E-state index contributed by atoms with van der Waals surface area (Å²) in [5.74, 6) is 2.55. The first-order valence-electron chi connectivity index (χ1n) is 12.4. The number of sulfonamides is 1. The SMILES string of the molecule is CNc1cc(C)c(CCS(=O)(=O)N2CCC3(CC2)N=C(C2CCC(C)CC2)NC3=O)c(OC)c1. The van der Waals surface area contributed by atoms with Gasteiger partial charge in [0.05, 0.1) is 12.9 Å². The summed E-state index contributed by atoms with van der Waals surface area (Å²) in [4.78, 5) is 17.8. The Hall–Kier alpha value is -2.13. The molecule has 4 rings (SSSR count). The second-order valence-electron chi connectivity index (χ2n) is 10.1. The molecule has 1 aromatic rings. The maximum atomic E-state index is 13.2. The Labute approximate surface area is 203 Å². The van der Waals surface area contributed by atoms with Gasteiger partial charge in [0.2, 0.25) is 10.0 Å². The van der Waals surface area contributed by atoms with Gasteiger partial charge >= 0.3 is 0 Å². The van der Waals surface area contributed by atoms with Crippen LogP contribution in [0.5, 0.6) is 5.75 Å². The van der Waals surface area contributed by atoms with Gasteiger partial charge in [0.25, 0.3) is 5.91 Å². The molecule has 1 saturated heterocycles. The first-order chi connectivity index (χ1) is 16.2. The monoisotopic (exact) mass is 490 g/mol. The molecule has 1 aromatic carbocycles. The highest BCUT2D eigenvalue weighted by Crippen LogP contribution is 2.36. The zero-order chi connectivity index (χ0) is 24.5. The van der Waals surface area contributed by atoms with Crippen molar-refractivity contribution in [3.05, 3.63) is 23.3 Å². The van der Waals surface area contributed by atoms with Crippen molar-refractivity contribution < 1.29 is 17.9 Å². The number of anilines is 1. The molecule has 2 aliphatic heterocycles. The number of amidine groups is 1. The molecule has 0 bridgehead atoms. The quantitative estimate of drug-likeness (QED) is 0.612. The largest absolute Gasteiger partial charge is 0.496 e. The molecular weight excluding hydrogens is 452 g/mol. The number of nitrogens with zero attached hydrogens (tertiary/aromatic N) is 2. The molecule has 8 nitrogen and oxygen atoms in total. The summed E-state index contributed by atoms with van der Waals surface area (Å²) in [6, 6.07) is 3.89. The Bertz CT molecular complexity index is 1050. The van der Waals surface area contributed by atoms with Crippen molar-refractivity contribution in [3.63, 3.8) is 0 Å². The van der Waals surface area contributed by atoms with Gasteiger partial charge in [-0.3, -0.25) is 9.79 Å². The van der Waals surface area contributed by atoms with E-state index < -0.39 is 15.6 Å². The molecule has 2 heterocycles. The lowest BCUT2D eigenvalue weighted by atomic mass is 9.82. The minimum atomic E-state index is -3.46. The number of hydrogen-bond donors (Lipinski definition) is 2. The minimum absolute atomic E-state index is 0.0110. The zero-order valence-electron chi connectivity index (χ0n) is 20.8. The summed E-state index contributed by atoms with van der Waals surface area (Å²) < 4.78 is 33.4. The minimum Gasteiger partial charge on any atom is -0.496 e. The van der Waals surface area contributed by atoms with Gasteiger partial charge in [-0.25, -0.2) is 12.7 Å².